The van der Waals surface area contributed by atoms with Crippen molar-refractivity contribution in [2.24, 2.45) is 0 Å². The first-order chi connectivity index (χ1) is 11.6. The van der Waals surface area contributed by atoms with Gasteiger partial charge in [0.15, 0.2) is 0 Å². The Hall–Kier alpha value is -2.82. The van der Waals surface area contributed by atoms with Crippen LogP contribution in [0.1, 0.15) is 11.1 Å². The van der Waals surface area contributed by atoms with E-state index in [4.69, 9.17) is 0 Å². The average molecular weight is 326 g/mol. The molecule has 0 aliphatic heterocycles. The summed E-state index contributed by atoms with van der Waals surface area (Å²) in [6, 6.07) is 13.0. The number of fused-ring (bicyclic) bond motifs is 1. The van der Waals surface area contributed by atoms with Gasteiger partial charge in [-0.1, -0.05) is 18.2 Å². The third kappa shape index (κ3) is 4.13. The molecule has 122 valence electrons. The van der Waals surface area contributed by atoms with Crippen LogP contribution in [0, 0.1) is 11.6 Å². The molecule has 1 amide bonds. The number of carbonyl (C=O) groups excluding carboxylic acids is 1. The number of para-hydroxylation sites is 1. The summed E-state index contributed by atoms with van der Waals surface area (Å²) in [5, 5.41) is 3.74. The van der Waals surface area contributed by atoms with Crippen molar-refractivity contribution in [2.45, 2.75) is 12.8 Å². The number of nitrogens with one attached hydrogen (secondary N) is 1. The van der Waals surface area contributed by atoms with Gasteiger partial charge in [0.2, 0.25) is 5.91 Å². The fourth-order valence-electron chi connectivity index (χ4n) is 2.56. The van der Waals surface area contributed by atoms with Gasteiger partial charge in [0.25, 0.3) is 0 Å². The summed E-state index contributed by atoms with van der Waals surface area (Å²) in [4.78, 5) is 16.3. The van der Waals surface area contributed by atoms with E-state index in [0.717, 1.165) is 22.5 Å². The molecule has 5 heteroatoms. The van der Waals surface area contributed by atoms with Gasteiger partial charge in [0.05, 0.1) is 11.9 Å². The maximum absolute atomic E-state index is 13.1. The van der Waals surface area contributed by atoms with Crippen molar-refractivity contribution in [1.82, 2.24) is 10.3 Å². The van der Waals surface area contributed by atoms with E-state index in [2.05, 4.69) is 10.3 Å². The maximum atomic E-state index is 13.1. The Morgan fingerprint density at radius 2 is 1.75 bits per heavy atom. The summed E-state index contributed by atoms with van der Waals surface area (Å²) in [6.07, 6.45) is 2.27. The number of nitrogens with zero attached hydrogens (tertiary/aromatic N) is 1. The fraction of sp³-hybridized carbons (Fsp3) is 0.158. The Bertz CT molecular complexity index is 860. The van der Waals surface area contributed by atoms with Gasteiger partial charge in [-0.2, -0.15) is 0 Å². The van der Waals surface area contributed by atoms with Gasteiger partial charge in [-0.05, 0) is 41.8 Å². The molecule has 0 fully saturated rings. The molecule has 24 heavy (non-hydrogen) atoms. The second-order valence-electron chi connectivity index (χ2n) is 5.59. The lowest BCUT2D eigenvalue weighted by Gasteiger charge is -2.07. The Kier molecular flexibility index (Phi) is 4.79. The smallest absolute Gasteiger partial charge is 0.224 e. The van der Waals surface area contributed by atoms with Crippen molar-refractivity contribution in [1.29, 1.82) is 0 Å². The normalized spacial score (nSPS) is 10.8. The maximum Gasteiger partial charge on any atom is 0.224 e. The molecular formula is C19H16F2N2O. The molecule has 0 spiro atoms. The van der Waals surface area contributed by atoms with Gasteiger partial charge < -0.3 is 5.32 Å². The van der Waals surface area contributed by atoms with Crippen molar-refractivity contribution in [2.75, 3.05) is 6.54 Å². The summed E-state index contributed by atoms with van der Waals surface area (Å²) in [7, 11) is 0. The predicted octanol–water partition coefficient (Wildman–Crippen LogP) is 3.41. The lowest BCUT2D eigenvalue weighted by molar-refractivity contribution is -0.120. The monoisotopic (exact) mass is 326 g/mol. The number of pyridine rings is 1. The summed E-state index contributed by atoms with van der Waals surface area (Å²) in [5.74, 6) is -1.37. The minimum Gasteiger partial charge on any atom is -0.355 e. The Balaban J connectivity index is 1.55. The standard InChI is InChI=1S/C19H16F2N2O/c20-16-8-13(9-17(21)11-16)5-6-22-19(24)10-14-7-15-3-1-2-4-18(15)23-12-14/h1-4,7-9,11-12H,5-6,10H2,(H,22,24). The first kappa shape index (κ1) is 16.1. The van der Waals surface area contributed by atoms with Crippen LogP contribution in [0.4, 0.5) is 8.78 Å². The van der Waals surface area contributed by atoms with Gasteiger partial charge in [-0.25, -0.2) is 8.78 Å². The largest absolute Gasteiger partial charge is 0.355 e. The quantitative estimate of drug-likeness (QED) is 0.781. The Labute approximate surface area is 138 Å². The second kappa shape index (κ2) is 7.17. The van der Waals surface area contributed by atoms with Gasteiger partial charge in [0, 0.05) is 24.2 Å². The molecule has 1 heterocycles. The summed E-state index contributed by atoms with van der Waals surface area (Å²) < 4.78 is 26.2. The molecule has 0 atom stereocenters. The molecule has 0 bridgehead atoms. The van der Waals surface area contributed by atoms with E-state index in [0.29, 0.717) is 18.5 Å². The van der Waals surface area contributed by atoms with E-state index in [-0.39, 0.29) is 12.3 Å². The second-order valence-corrected chi connectivity index (χ2v) is 5.59. The molecule has 0 saturated carbocycles. The van der Waals surface area contributed by atoms with Crippen LogP contribution >= 0.6 is 0 Å². The predicted molar refractivity (Wildman–Crippen MR) is 88.5 cm³/mol. The lowest BCUT2D eigenvalue weighted by atomic mass is 10.1. The number of carbonyl (C=O) groups is 1. The van der Waals surface area contributed by atoms with E-state index in [1.165, 1.54) is 12.1 Å². The van der Waals surface area contributed by atoms with Gasteiger partial charge in [-0.3, -0.25) is 9.78 Å². The first-order valence-corrected chi connectivity index (χ1v) is 7.65. The van der Waals surface area contributed by atoms with E-state index in [1.807, 2.05) is 30.3 Å². The molecule has 3 nitrogen and oxygen atoms in total. The molecule has 0 radical (unpaired) electrons. The van der Waals surface area contributed by atoms with Gasteiger partial charge in [-0.15, -0.1) is 0 Å². The highest BCUT2D eigenvalue weighted by Gasteiger charge is 2.06. The SMILES string of the molecule is O=C(Cc1cnc2ccccc2c1)NCCc1cc(F)cc(F)c1. The first-order valence-electron chi connectivity index (χ1n) is 7.65. The van der Waals surface area contributed by atoms with Gasteiger partial charge in [0.1, 0.15) is 11.6 Å². The Morgan fingerprint density at radius 1 is 1.00 bits per heavy atom. The number of halogens is 2. The van der Waals surface area contributed by atoms with Crippen molar-refractivity contribution in [3.8, 4) is 0 Å². The van der Waals surface area contributed by atoms with Crippen LogP contribution < -0.4 is 5.32 Å². The van der Waals surface area contributed by atoms with Crippen molar-refractivity contribution in [3.63, 3.8) is 0 Å². The molecule has 0 aliphatic carbocycles. The number of amides is 1. The molecule has 0 aliphatic rings. The van der Waals surface area contributed by atoms with Gasteiger partial charge >= 0.3 is 0 Å². The van der Waals surface area contributed by atoms with E-state index >= 15 is 0 Å². The molecule has 0 unspecified atom stereocenters. The van der Waals surface area contributed by atoms with E-state index < -0.39 is 11.6 Å². The molecular weight excluding hydrogens is 310 g/mol. The zero-order valence-electron chi connectivity index (χ0n) is 12.9. The number of aromatic nitrogens is 1. The fourth-order valence-corrected chi connectivity index (χ4v) is 2.56. The number of rotatable bonds is 5. The molecule has 3 rings (SSSR count). The highest BCUT2D eigenvalue weighted by atomic mass is 19.1. The molecule has 0 saturated heterocycles. The zero-order valence-corrected chi connectivity index (χ0v) is 12.9. The minimum atomic E-state index is -0.612. The van der Waals surface area contributed by atoms with Crippen molar-refractivity contribution < 1.29 is 13.6 Å². The van der Waals surface area contributed by atoms with Crippen LogP contribution in [0.3, 0.4) is 0 Å². The third-order valence-corrected chi connectivity index (χ3v) is 3.67. The van der Waals surface area contributed by atoms with Crippen LogP contribution in [-0.2, 0) is 17.6 Å². The minimum absolute atomic E-state index is 0.149. The number of benzene rings is 2. The van der Waals surface area contributed by atoms with E-state index in [1.54, 1.807) is 6.20 Å². The lowest BCUT2D eigenvalue weighted by Crippen LogP contribution is -2.27. The van der Waals surface area contributed by atoms with Crippen molar-refractivity contribution in [3.05, 3.63) is 77.5 Å². The molecule has 2 aromatic carbocycles. The van der Waals surface area contributed by atoms with Crippen LogP contribution in [0.25, 0.3) is 10.9 Å². The van der Waals surface area contributed by atoms with E-state index in [9.17, 15) is 13.6 Å². The van der Waals surface area contributed by atoms with Crippen molar-refractivity contribution >= 4 is 16.8 Å². The average Bonchev–Trinajstić information content (AvgIpc) is 2.54. The highest BCUT2D eigenvalue weighted by Crippen LogP contribution is 2.13. The van der Waals surface area contributed by atoms with Crippen LogP contribution in [0.15, 0.2) is 54.7 Å². The van der Waals surface area contributed by atoms with Crippen LogP contribution in [-0.4, -0.2) is 17.4 Å². The molecule has 1 aromatic heterocycles. The van der Waals surface area contributed by atoms with Crippen LogP contribution in [0.5, 0.6) is 0 Å². The topological polar surface area (TPSA) is 42.0 Å². The Morgan fingerprint density at radius 3 is 2.54 bits per heavy atom. The summed E-state index contributed by atoms with van der Waals surface area (Å²) in [6.45, 7) is 0.322. The molecule has 3 aromatic rings. The highest BCUT2D eigenvalue weighted by molar-refractivity contribution is 5.82. The number of hydrogen-bond donors (Lipinski definition) is 1. The number of hydrogen-bond acceptors (Lipinski definition) is 2. The van der Waals surface area contributed by atoms with Crippen LogP contribution in [0.2, 0.25) is 0 Å². The third-order valence-electron chi connectivity index (χ3n) is 3.67. The zero-order chi connectivity index (χ0) is 16.9. The summed E-state index contributed by atoms with van der Waals surface area (Å²) >= 11 is 0. The molecule has 1 N–H and O–H groups in total. The summed E-state index contributed by atoms with van der Waals surface area (Å²) in [5.41, 5.74) is 2.22.